The van der Waals surface area contributed by atoms with Gasteiger partial charge in [0.2, 0.25) is 0 Å². The number of hydrogen-bond acceptors (Lipinski definition) is 1. The van der Waals surface area contributed by atoms with Gasteiger partial charge in [-0.3, -0.25) is 4.98 Å². The zero-order valence-corrected chi connectivity index (χ0v) is 9.17. The van der Waals surface area contributed by atoms with Crippen LogP contribution in [0.25, 0.3) is 10.9 Å². The smallest absolute Gasteiger partial charge is 0.137 e. The van der Waals surface area contributed by atoms with E-state index in [2.05, 4.69) is 27.6 Å². The molecule has 0 saturated heterocycles. The topological polar surface area (TPSA) is 12.9 Å². The van der Waals surface area contributed by atoms with Crippen molar-refractivity contribution in [2.24, 2.45) is 0 Å². The van der Waals surface area contributed by atoms with Crippen LogP contribution in [-0.2, 0) is 0 Å². The average Bonchev–Trinajstić information content (AvgIpc) is 2.12. The van der Waals surface area contributed by atoms with Crippen molar-refractivity contribution in [3.8, 4) is 0 Å². The highest BCUT2D eigenvalue weighted by atomic mass is 127. The molecule has 1 nitrogen and oxygen atoms in total. The first-order chi connectivity index (χ1) is 6.18. The van der Waals surface area contributed by atoms with Gasteiger partial charge in [0, 0.05) is 20.7 Å². The van der Waals surface area contributed by atoms with Crippen LogP contribution in [0.1, 0.15) is 5.56 Å². The summed E-state index contributed by atoms with van der Waals surface area (Å²) in [5.41, 5.74) is 1.30. The van der Waals surface area contributed by atoms with Gasteiger partial charge in [-0.25, -0.2) is 4.39 Å². The molecule has 0 amide bonds. The predicted molar refractivity (Wildman–Crippen MR) is 59.2 cm³/mol. The first-order valence-electron chi connectivity index (χ1n) is 3.89. The lowest BCUT2D eigenvalue weighted by Crippen LogP contribution is -1.88. The standard InChI is InChI=1S/C10H7FIN/c1-6-5-13-9-3-2-7(12)4-8(9)10(6)11/h2-5H,1H3. The van der Waals surface area contributed by atoms with Crippen molar-refractivity contribution < 1.29 is 4.39 Å². The number of aryl methyl sites for hydroxylation is 1. The minimum Gasteiger partial charge on any atom is -0.256 e. The molecule has 0 radical (unpaired) electrons. The van der Waals surface area contributed by atoms with E-state index in [1.807, 2.05) is 18.2 Å². The van der Waals surface area contributed by atoms with Crippen LogP contribution in [0.5, 0.6) is 0 Å². The fourth-order valence-corrected chi connectivity index (χ4v) is 1.72. The van der Waals surface area contributed by atoms with E-state index in [-0.39, 0.29) is 5.82 Å². The molecule has 0 aliphatic carbocycles. The molecular weight excluding hydrogens is 280 g/mol. The molecule has 0 fully saturated rings. The summed E-state index contributed by atoms with van der Waals surface area (Å²) < 4.78 is 14.6. The van der Waals surface area contributed by atoms with Crippen molar-refractivity contribution in [1.82, 2.24) is 4.98 Å². The Morgan fingerprint density at radius 2 is 2.15 bits per heavy atom. The van der Waals surface area contributed by atoms with E-state index in [1.54, 1.807) is 13.1 Å². The van der Waals surface area contributed by atoms with Gasteiger partial charge in [-0.05, 0) is 47.7 Å². The Balaban J connectivity index is 2.89. The van der Waals surface area contributed by atoms with E-state index in [1.165, 1.54) is 0 Å². The third kappa shape index (κ3) is 1.52. The lowest BCUT2D eigenvalue weighted by molar-refractivity contribution is 0.629. The van der Waals surface area contributed by atoms with Crippen LogP contribution >= 0.6 is 22.6 Å². The van der Waals surface area contributed by atoms with E-state index in [9.17, 15) is 4.39 Å². The first kappa shape index (κ1) is 8.87. The average molecular weight is 287 g/mol. The monoisotopic (exact) mass is 287 g/mol. The summed E-state index contributed by atoms with van der Waals surface area (Å²) in [6.07, 6.45) is 1.56. The second-order valence-corrected chi connectivity index (χ2v) is 4.16. The molecule has 0 N–H and O–H groups in total. The second kappa shape index (κ2) is 3.21. The van der Waals surface area contributed by atoms with E-state index >= 15 is 0 Å². The minimum atomic E-state index is -0.163. The van der Waals surface area contributed by atoms with E-state index < -0.39 is 0 Å². The van der Waals surface area contributed by atoms with E-state index in [4.69, 9.17) is 0 Å². The Hall–Kier alpha value is -0.710. The molecule has 2 aromatic rings. The van der Waals surface area contributed by atoms with Crippen LogP contribution in [0.2, 0.25) is 0 Å². The number of fused-ring (bicyclic) bond motifs is 1. The van der Waals surface area contributed by atoms with Crippen LogP contribution in [0.15, 0.2) is 24.4 Å². The fraction of sp³-hybridized carbons (Fsp3) is 0.100. The summed E-state index contributed by atoms with van der Waals surface area (Å²) in [7, 11) is 0. The zero-order valence-electron chi connectivity index (χ0n) is 7.01. The van der Waals surface area contributed by atoms with Crippen molar-refractivity contribution >= 4 is 33.5 Å². The summed E-state index contributed by atoms with van der Waals surface area (Å²) in [5, 5.41) is 0.604. The maximum Gasteiger partial charge on any atom is 0.137 e. The molecule has 1 heterocycles. The summed E-state index contributed by atoms with van der Waals surface area (Å²) in [5.74, 6) is -0.163. The molecule has 0 aliphatic heterocycles. The van der Waals surface area contributed by atoms with E-state index in [0.717, 1.165) is 3.57 Å². The summed E-state index contributed by atoms with van der Waals surface area (Å²) in [4.78, 5) is 4.14. The van der Waals surface area contributed by atoms with Gasteiger partial charge in [0.15, 0.2) is 0 Å². The molecule has 66 valence electrons. The Morgan fingerprint density at radius 3 is 2.92 bits per heavy atom. The highest BCUT2D eigenvalue weighted by Crippen LogP contribution is 2.20. The predicted octanol–water partition coefficient (Wildman–Crippen LogP) is 3.29. The normalized spacial score (nSPS) is 10.7. The fourth-order valence-electron chi connectivity index (χ4n) is 1.23. The highest BCUT2D eigenvalue weighted by molar-refractivity contribution is 14.1. The first-order valence-corrected chi connectivity index (χ1v) is 4.97. The van der Waals surface area contributed by atoms with Gasteiger partial charge in [-0.15, -0.1) is 0 Å². The summed E-state index contributed by atoms with van der Waals surface area (Å²) in [6, 6.07) is 5.56. The molecule has 0 spiro atoms. The molecule has 13 heavy (non-hydrogen) atoms. The van der Waals surface area contributed by atoms with Gasteiger partial charge in [-0.2, -0.15) is 0 Å². The number of aromatic nitrogens is 1. The maximum absolute atomic E-state index is 13.5. The van der Waals surface area contributed by atoms with Gasteiger partial charge in [0.05, 0.1) is 5.52 Å². The van der Waals surface area contributed by atoms with Crippen molar-refractivity contribution in [2.75, 3.05) is 0 Å². The van der Waals surface area contributed by atoms with Crippen molar-refractivity contribution in [2.45, 2.75) is 6.92 Å². The number of rotatable bonds is 0. The van der Waals surface area contributed by atoms with Crippen LogP contribution < -0.4 is 0 Å². The van der Waals surface area contributed by atoms with E-state index in [0.29, 0.717) is 16.5 Å². The van der Waals surface area contributed by atoms with Crippen LogP contribution in [0.3, 0.4) is 0 Å². The SMILES string of the molecule is Cc1cnc2ccc(I)cc2c1F. The van der Waals surface area contributed by atoms with Gasteiger partial charge in [-0.1, -0.05) is 0 Å². The summed E-state index contributed by atoms with van der Waals surface area (Å²) in [6.45, 7) is 1.72. The molecule has 2 rings (SSSR count). The van der Waals surface area contributed by atoms with Crippen LogP contribution in [-0.4, -0.2) is 4.98 Å². The molecule has 0 saturated carbocycles. The quantitative estimate of drug-likeness (QED) is 0.678. The van der Waals surface area contributed by atoms with Gasteiger partial charge < -0.3 is 0 Å². The Bertz CT molecular complexity index is 462. The molecular formula is C10H7FIN. The Morgan fingerprint density at radius 1 is 1.38 bits per heavy atom. The number of pyridine rings is 1. The van der Waals surface area contributed by atoms with Crippen molar-refractivity contribution in [3.63, 3.8) is 0 Å². The van der Waals surface area contributed by atoms with Crippen molar-refractivity contribution in [1.29, 1.82) is 0 Å². The zero-order chi connectivity index (χ0) is 9.42. The molecule has 1 aromatic heterocycles. The molecule has 0 unspecified atom stereocenters. The molecule has 0 atom stereocenters. The third-order valence-corrected chi connectivity index (χ3v) is 2.61. The molecule has 1 aromatic carbocycles. The number of halogens is 2. The maximum atomic E-state index is 13.5. The third-order valence-electron chi connectivity index (χ3n) is 1.94. The molecule has 3 heteroatoms. The Kier molecular flexibility index (Phi) is 2.19. The van der Waals surface area contributed by atoms with Crippen LogP contribution in [0, 0.1) is 16.3 Å². The lowest BCUT2D eigenvalue weighted by atomic mass is 10.1. The number of hydrogen-bond donors (Lipinski definition) is 0. The lowest BCUT2D eigenvalue weighted by Gasteiger charge is -2.01. The summed E-state index contributed by atoms with van der Waals surface area (Å²) >= 11 is 2.16. The largest absolute Gasteiger partial charge is 0.256 e. The highest BCUT2D eigenvalue weighted by Gasteiger charge is 2.04. The second-order valence-electron chi connectivity index (χ2n) is 2.92. The Labute approximate surface area is 89.1 Å². The molecule has 0 bridgehead atoms. The number of nitrogens with zero attached hydrogens (tertiary/aromatic N) is 1. The van der Waals surface area contributed by atoms with Crippen LogP contribution in [0.4, 0.5) is 4.39 Å². The molecule has 0 aliphatic rings. The van der Waals surface area contributed by atoms with Gasteiger partial charge >= 0.3 is 0 Å². The minimum absolute atomic E-state index is 0.163. The number of benzene rings is 1. The van der Waals surface area contributed by atoms with Gasteiger partial charge in [0.25, 0.3) is 0 Å². The van der Waals surface area contributed by atoms with Crippen molar-refractivity contribution in [3.05, 3.63) is 39.3 Å². The van der Waals surface area contributed by atoms with Gasteiger partial charge in [0.1, 0.15) is 5.82 Å².